The first-order valence-corrected chi connectivity index (χ1v) is 7.95. The van der Waals surface area contributed by atoms with Crippen molar-refractivity contribution in [2.45, 2.75) is 83.6 Å². The van der Waals surface area contributed by atoms with Gasteiger partial charge in [-0.3, -0.25) is 0 Å². The predicted molar refractivity (Wildman–Crippen MR) is 75.2 cm³/mol. The van der Waals surface area contributed by atoms with Gasteiger partial charge in [-0.25, -0.2) is 0 Å². The van der Waals surface area contributed by atoms with Gasteiger partial charge >= 0.3 is 0 Å². The summed E-state index contributed by atoms with van der Waals surface area (Å²) in [6, 6.07) is 0. The standard InChI is InChI=1S/C16H31N/c1-14(2)12-16(10-7-11-17-16)13-15-8-5-3-4-6-9-15/h14-15,17H,3-13H2,1-2H3. The minimum absolute atomic E-state index is 0.517. The van der Waals surface area contributed by atoms with Crippen molar-refractivity contribution in [2.24, 2.45) is 11.8 Å². The van der Waals surface area contributed by atoms with Crippen LogP contribution < -0.4 is 5.32 Å². The third-order valence-corrected chi connectivity index (χ3v) is 4.79. The summed E-state index contributed by atoms with van der Waals surface area (Å²) in [5.74, 6) is 1.85. The third kappa shape index (κ3) is 3.98. The molecule has 1 heterocycles. The maximum atomic E-state index is 3.87. The van der Waals surface area contributed by atoms with Crippen LogP contribution in [0, 0.1) is 11.8 Å². The quantitative estimate of drug-likeness (QED) is 0.709. The fourth-order valence-corrected chi connectivity index (χ4v) is 4.20. The first-order valence-electron chi connectivity index (χ1n) is 7.95. The molecule has 1 unspecified atom stereocenters. The van der Waals surface area contributed by atoms with Gasteiger partial charge in [-0.05, 0) is 44.1 Å². The highest BCUT2D eigenvalue weighted by Gasteiger charge is 2.35. The largest absolute Gasteiger partial charge is 0.311 e. The second-order valence-electron chi connectivity index (χ2n) is 6.97. The van der Waals surface area contributed by atoms with Crippen LogP contribution in [-0.4, -0.2) is 12.1 Å². The molecule has 1 aliphatic carbocycles. The maximum Gasteiger partial charge on any atom is 0.0187 e. The second kappa shape index (κ2) is 6.22. The zero-order chi connectivity index (χ0) is 12.1. The van der Waals surface area contributed by atoms with E-state index >= 15 is 0 Å². The topological polar surface area (TPSA) is 12.0 Å². The van der Waals surface area contributed by atoms with Crippen LogP contribution in [0.15, 0.2) is 0 Å². The monoisotopic (exact) mass is 237 g/mol. The Labute approximate surface area is 108 Å². The smallest absolute Gasteiger partial charge is 0.0187 e. The van der Waals surface area contributed by atoms with Crippen LogP contribution in [0.25, 0.3) is 0 Å². The lowest BCUT2D eigenvalue weighted by Crippen LogP contribution is -2.42. The Kier molecular flexibility index (Phi) is 4.90. The normalized spacial score (nSPS) is 31.9. The summed E-state index contributed by atoms with van der Waals surface area (Å²) in [5, 5.41) is 3.87. The first kappa shape index (κ1) is 13.4. The van der Waals surface area contributed by atoms with E-state index in [1.807, 2.05) is 0 Å². The van der Waals surface area contributed by atoms with Crippen molar-refractivity contribution in [1.29, 1.82) is 0 Å². The molecule has 17 heavy (non-hydrogen) atoms. The Balaban J connectivity index is 1.91. The Morgan fingerprint density at radius 2 is 1.76 bits per heavy atom. The molecule has 1 heteroatoms. The van der Waals surface area contributed by atoms with Gasteiger partial charge in [-0.2, -0.15) is 0 Å². The van der Waals surface area contributed by atoms with Gasteiger partial charge in [0.15, 0.2) is 0 Å². The van der Waals surface area contributed by atoms with Gasteiger partial charge in [-0.1, -0.05) is 52.4 Å². The Bertz CT molecular complexity index is 208. The minimum atomic E-state index is 0.517. The fraction of sp³-hybridized carbons (Fsp3) is 1.00. The summed E-state index contributed by atoms with van der Waals surface area (Å²) in [6.07, 6.45) is 14.6. The highest BCUT2D eigenvalue weighted by atomic mass is 15.0. The maximum absolute atomic E-state index is 3.87. The molecule has 2 aliphatic rings. The second-order valence-corrected chi connectivity index (χ2v) is 6.97. The Hall–Kier alpha value is -0.0400. The van der Waals surface area contributed by atoms with Crippen molar-refractivity contribution in [3.8, 4) is 0 Å². The molecule has 0 spiro atoms. The summed E-state index contributed by atoms with van der Waals surface area (Å²) in [4.78, 5) is 0. The summed E-state index contributed by atoms with van der Waals surface area (Å²) in [7, 11) is 0. The minimum Gasteiger partial charge on any atom is -0.311 e. The van der Waals surface area contributed by atoms with E-state index in [2.05, 4.69) is 19.2 Å². The Morgan fingerprint density at radius 3 is 2.29 bits per heavy atom. The van der Waals surface area contributed by atoms with Crippen LogP contribution in [0.2, 0.25) is 0 Å². The highest BCUT2D eigenvalue weighted by molar-refractivity contribution is 4.95. The number of rotatable bonds is 4. The molecule has 1 saturated heterocycles. The average molecular weight is 237 g/mol. The van der Waals surface area contributed by atoms with E-state index in [0.717, 1.165) is 11.8 Å². The Morgan fingerprint density at radius 1 is 1.06 bits per heavy atom. The van der Waals surface area contributed by atoms with Crippen molar-refractivity contribution in [2.75, 3.05) is 6.54 Å². The van der Waals surface area contributed by atoms with Gasteiger partial charge < -0.3 is 5.32 Å². The lowest BCUT2D eigenvalue weighted by molar-refractivity contribution is 0.227. The van der Waals surface area contributed by atoms with E-state index in [9.17, 15) is 0 Å². The van der Waals surface area contributed by atoms with E-state index in [-0.39, 0.29) is 0 Å². The van der Waals surface area contributed by atoms with Crippen molar-refractivity contribution in [3.05, 3.63) is 0 Å². The molecule has 1 atom stereocenters. The van der Waals surface area contributed by atoms with Crippen molar-refractivity contribution in [1.82, 2.24) is 5.32 Å². The van der Waals surface area contributed by atoms with Crippen LogP contribution in [0.5, 0.6) is 0 Å². The molecular weight excluding hydrogens is 206 g/mol. The predicted octanol–water partition coefficient (Wildman–Crippen LogP) is 4.52. The zero-order valence-corrected chi connectivity index (χ0v) is 11.9. The molecule has 0 aromatic carbocycles. The fourth-order valence-electron chi connectivity index (χ4n) is 4.20. The third-order valence-electron chi connectivity index (χ3n) is 4.79. The van der Waals surface area contributed by atoms with Gasteiger partial charge in [0.05, 0.1) is 0 Å². The van der Waals surface area contributed by atoms with E-state index in [4.69, 9.17) is 0 Å². The van der Waals surface area contributed by atoms with Crippen LogP contribution in [-0.2, 0) is 0 Å². The highest BCUT2D eigenvalue weighted by Crippen LogP contribution is 2.37. The molecule has 1 saturated carbocycles. The lowest BCUT2D eigenvalue weighted by atomic mass is 9.78. The number of hydrogen-bond donors (Lipinski definition) is 1. The van der Waals surface area contributed by atoms with Crippen LogP contribution in [0.1, 0.15) is 78.1 Å². The molecule has 1 aliphatic heterocycles. The molecule has 0 aromatic rings. The molecule has 0 amide bonds. The molecule has 0 bridgehead atoms. The molecule has 2 rings (SSSR count). The first-order chi connectivity index (χ1) is 8.20. The van der Waals surface area contributed by atoms with Gasteiger partial charge in [0.1, 0.15) is 0 Å². The summed E-state index contributed by atoms with van der Waals surface area (Å²) < 4.78 is 0. The number of hydrogen-bond acceptors (Lipinski definition) is 1. The van der Waals surface area contributed by atoms with E-state index in [0.29, 0.717) is 5.54 Å². The molecular formula is C16H31N. The van der Waals surface area contributed by atoms with Crippen molar-refractivity contribution in [3.63, 3.8) is 0 Å². The summed E-state index contributed by atoms with van der Waals surface area (Å²) in [5.41, 5.74) is 0.517. The SMILES string of the molecule is CC(C)CC1(CC2CCCCCC2)CCCN1. The zero-order valence-electron chi connectivity index (χ0n) is 11.9. The van der Waals surface area contributed by atoms with Gasteiger partial charge in [0.25, 0.3) is 0 Å². The molecule has 1 nitrogen and oxygen atoms in total. The number of nitrogens with one attached hydrogen (secondary N) is 1. The molecule has 0 aromatic heterocycles. The summed E-state index contributed by atoms with van der Waals surface area (Å²) >= 11 is 0. The van der Waals surface area contributed by atoms with E-state index in [1.165, 1.54) is 70.8 Å². The van der Waals surface area contributed by atoms with Gasteiger partial charge in [0, 0.05) is 5.54 Å². The summed E-state index contributed by atoms with van der Waals surface area (Å²) in [6.45, 7) is 6.03. The van der Waals surface area contributed by atoms with Crippen LogP contribution >= 0.6 is 0 Å². The van der Waals surface area contributed by atoms with E-state index < -0.39 is 0 Å². The van der Waals surface area contributed by atoms with Crippen molar-refractivity contribution >= 4 is 0 Å². The average Bonchev–Trinajstić information content (AvgIpc) is 2.55. The molecule has 0 radical (unpaired) electrons. The molecule has 100 valence electrons. The molecule has 1 N–H and O–H groups in total. The van der Waals surface area contributed by atoms with Crippen molar-refractivity contribution < 1.29 is 0 Å². The van der Waals surface area contributed by atoms with Gasteiger partial charge in [-0.15, -0.1) is 0 Å². The van der Waals surface area contributed by atoms with Gasteiger partial charge in [0.2, 0.25) is 0 Å². The lowest BCUT2D eigenvalue weighted by Gasteiger charge is -2.35. The van der Waals surface area contributed by atoms with Crippen LogP contribution in [0.3, 0.4) is 0 Å². The molecule has 2 fully saturated rings. The van der Waals surface area contributed by atoms with E-state index in [1.54, 1.807) is 0 Å². The van der Waals surface area contributed by atoms with Crippen LogP contribution in [0.4, 0.5) is 0 Å².